The highest BCUT2D eigenvalue weighted by molar-refractivity contribution is 6.35. The van der Waals surface area contributed by atoms with Gasteiger partial charge in [0.25, 0.3) is 0 Å². The minimum Gasteiger partial charge on any atom is -0.496 e. The van der Waals surface area contributed by atoms with E-state index in [9.17, 15) is 9.90 Å². The second-order valence-electron chi connectivity index (χ2n) is 4.77. The molecule has 0 radical (unpaired) electrons. The first-order valence-electron chi connectivity index (χ1n) is 6.48. The molecule has 22 heavy (non-hydrogen) atoms. The van der Waals surface area contributed by atoms with E-state index in [0.29, 0.717) is 27.4 Å². The Kier molecular flexibility index (Phi) is 3.50. The van der Waals surface area contributed by atoms with Crippen molar-refractivity contribution >= 4 is 28.5 Å². The van der Waals surface area contributed by atoms with Crippen LogP contribution in [0.2, 0.25) is 5.02 Å². The normalized spacial score (nSPS) is 10.9. The number of methoxy groups -OCH3 is 1. The van der Waals surface area contributed by atoms with Gasteiger partial charge < -0.3 is 14.3 Å². The fourth-order valence-corrected chi connectivity index (χ4v) is 2.50. The number of nitrogens with zero attached hydrogens (tertiary/aromatic N) is 1. The van der Waals surface area contributed by atoms with Crippen LogP contribution in [0.1, 0.15) is 16.1 Å². The standard InChI is InChI=1S/C16H12ClNO4/c1-8-3-4-14(22-8)13-7-11(17)9-6-15(21-2)10(16(19)20)5-12(9)18-13/h3-7H,1-2H3,(H,19,20). The van der Waals surface area contributed by atoms with E-state index in [-0.39, 0.29) is 11.3 Å². The molecule has 0 bridgehead atoms. The molecule has 0 atom stereocenters. The average Bonchev–Trinajstić information content (AvgIpc) is 2.92. The summed E-state index contributed by atoms with van der Waals surface area (Å²) in [4.78, 5) is 15.7. The van der Waals surface area contributed by atoms with Crippen molar-refractivity contribution in [1.29, 1.82) is 0 Å². The van der Waals surface area contributed by atoms with Crippen molar-refractivity contribution in [2.24, 2.45) is 0 Å². The average molecular weight is 318 g/mol. The van der Waals surface area contributed by atoms with Crippen LogP contribution in [0.25, 0.3) is 22.4 Å². The summed E-state index contributed by atoms with van der Waals surface area (Å²) in [5.41, 5.74) is 1.05. The van der Waals surface area contributed by atoms with E-state index >= 15 is 0 Å². The molecule has 1 N–H and O–H groups in total. The molecule has 1 aromatic carbocycles. The van der Waals surface area contributed by atoms with Gasteiger partial charge in [0.2, 0.25) is 0 Å². The van der Waals surface area contributed by atoms with E-state index in [1.165, 1.54) is 13.2 Å². The van der Waals surface area contributed by atoms with Crippen LogP contribution >= 0.6 is 11.6 Å². The summed E-state index contributed by atoms with van der Waals surface area (Å²) in [6, 6.07) is 8.32. The number of hydrogen-bond acceptors (Lipinski definition) is 4. The van der Waals surface area contributed by atoms with E-state index < -0.39 is 5.97 Å². The van der Waals surface area contributed by atoms with Crippen LogP contribution in [0, 0.1) is 6.92 Å². The maximum Gasteiger partial charge on any atom is 0.339 e. The molecule has 0 fully saturated rings. The van der Waals surface area contributed by atoms with Gasteiger partial charge in [0.1, 0.15) is 22.8 Å². The first-order chi connectivity index (χ1) is 10.5. The zero-order valence-corrected chi connectivity index (χ0v) is 12.6. The summed E-state index contributed by atoms with van der Waals surface area (Å²) < 4.78 is 10.6. The van der Waals surface area contributed by atoms with Crippen LogP contribution < -0.4 is 4.74 Å². The topological polar surface area (TPSA) is 72.6 Å². The predicted octanol–water partition coefficient (Wildman–Crippen LogP) is 4.16. The number of carboxylic acid groups (broad SMARTS) is 1. The monoisotopic (exact) mass is 317 g/mol. The van der Waals surface area contributed by atoms with Crippen LogP contribution in [0.4, 0.5) is 0 Å². The number of aromatic carboxylic acids is 1. The molecule has 0 unspecified atom stereocenters. The summed E-state index contributed by atoms with van der Waals surface area (Å²) in [5, 5.41) is 10.3. The molecule has 6 heteroatoms. The summed E-state index contributed by atoms with van der Waals surface area (Å²) in [5.74, 6) is 0.490. The van der Waals surface area contributed by atoms with Crippen molar-refractivity contribution < 1.29 is 19.1 Å². The molecule has 2 heterocycles. The second-order valence-corrected chi connectivity index (χ2v) is 5.18. The van der Waals surface area contributed by atoms with Gasteiger partial charge in [0.05, 0.1) is 17.6 Å². The minimum atomic E-state index is -1.09. The number of aromatic nitrogens is 1. The Labute approximate surface area is 131 Å². The van der Waals surface area contributed by atoms with Crippen molar-refractivity contribution in [3.63, 3.8) is 0 Å². The van der Waals surface area contributed by atoms with Crippen molar-refractivity contribution in [2.45, 2.75) is 6.92 Å². The third-order valence-electron chi connectivity index (χ3n) is 3.30. The van der Waals surface area contributed by atoms with Gasteiger partial charge in [-0.15, -0.1) is 0 Å². The fourth-order valence-electron chi connectivity index (χ4n) is 2.25. The molecule has 5 nitrogen and oxygen atoms in total. The predicted molar refractivity (Wildman–Crippen MR) is 82.7 cm³/mol. The largest absolute Gasteiger partial charge is 0.496 e. The van der Waals surface area contributed by atoms with Crippen molar-refractivity contribution in [3.05, 3.63) is 46.7 Å². The van der Waals surface area contributed by atoms with Crippen molar-refractivity contribution in [3.8, 4) is 17.2 Å². The highest BCUT2D eigenvalue weighted by Gasteiger charge is 2.16. The van der Waals surface area contributed by atoms with Gasteiger partial charge in [0.15, 0.2) is 5.76 Å². The molecular weight excluding hydrogens is 306 g/mol. The number of halogens is 1. The summed E-state index contributed by atoms with van der Waals surface area (Å²) in [6.07, 6.45) is 0. The molecule has 0 spiro atoms. The SMILES string of the molecule is COc1cc2c(Cl)cc(-c3ccc(C)o3)nc2cc1C(=O)O. The summed E-state index contributed by atoms with van der Waals surface area (Å²) in [7, 11) is 1.41. The molecule has 3 aromatic rings. The van der Waals surface area contributed by atoms with Crippen LogP contribution in [-0.2, 0) is 0 Å². The molecule has 0 aliphatic rings. The Morgan fingerprint density at radius 1 is 1.32 bits per heavy atom. The summed E-state index contributed by atoms with van der Waals surface area (Å²) in [6.45, 7) is 1.83. The number of fused-ring (bicyclic) bond motifs is 1. The zero-order chi connectivity index (χ0) is 15.9. The lowest BCUT2D eigenvalue weighted by Gasteiger charge is -2.09. The number of furan rings is 1. The number of hydrogen-bond donors (Lipinski definition) is 1. The van der Waals surface area contributed by atoms with Gasteiger partial charge in [-0.05, 0) is 37.3 Å². The number of aryl methyl sites for hydroxylation is 1. The number of rotatable bonds is 3. The molecule has 0 aliphatic heterocycles. The first-order valence-corrected chi connectivity index (χ1v) is 6.86. The van der Waals surface area contributed by atoms with Gasteiger partial charge in [-0.3, -0.25) is 0 Å². The zero-order valence-electron chi connectivity index (χ0n) is 11.9. The van der Waals surface area contributed by atoms with Crippen LogP contribution in [0.3, 0.4) is 0 Å². The van der Waals surface area contributed by atoms with Gasteiger partial charge in [-0.25, -0.2) is 9.78 Å². The first kappa shape index (κ1) is 14.4. The number of benzene rings is 1. The number of carbonyl (C=O) groups is 1. The molecule has 112 valence electrons. The third kappa shape index (κ3) is 2.40. The maximum absolute atomic E-state index is 11.3. The number of ether oxygens (including phenoxy) is 1. The van der Waals surface area contributed by atoms with Gasteiger partial charge in [-0.2, -0.15) is 0 Å². The quantitative estimate of drug-likeness (QED) is 0.785. The van der Waals surface area contributed by atoms with Crippen LogP contribution in [-0.4, -0.2) is 23.2 Å². The van der Waals surface area contributed by atoms with Gasteiger partial charge >= 0.3 is 5.97 Å². The second kappa shape index (κ2) is 5.35. The van der Waals surface area contributed by atoms with E-state index in [2.05, 4.69) is 4.98 Å². The maximum atomic E-state index is 11.3. The molecule has 0 saturated carbocycles. The molecule has 0 amide bonds. The minimum absolute atomic E-state index is 0.0337. The summed E-state index contributed by atoms with van der Waals surface area (Å²) >= 11 is 6.30. The Hall–Kier alpha value is -2.53. The van der Waals surface area contributed by atoms with Crippen molar-refractivity contribution in [1.82, 2.24) is 4.98 Å². The van der Waals surface area contributed by atoms with Gasteiger partial charge in [-0.1, -0.05) is 11.6 Å². The third-order valence-corrected chi connectivity index (χ3v) is 3.62. The van der Waals surface area contributed by atoms with Crippen LogP contribution in [0.15, 0.2) is 34.7 Å². The highest BCUT2D eigenvalue weighted by Crippen LogP contribution is 2.33. The van der Waals surface area contributed by atoms with E-state index in [0.717, 1.165) is 5.76 Å². The smallest absolute Gasteiger partial charge is 0.339 e. The Morgan fingerprint density at radius 3 is 2.68 bits per heavy atom. The number of pyridine rings is 1. The fraction of sp³-hybridized carbons (Fsp3) is 0.125. The lowest BCUT2D eigenvalue weighted by atomic mass is 10.1. The number of carboxylic acids is 1. The van der Waals surface area contributed by atoms with Crippen LogP contribution in [0.5, 0.6) is 5.75 Å². The highest BCUT2D eigenvalue weighted by atomic mass is 35.5. The molecule has 0 saturated heterocycles. The van der Waals surface area contributed by atoms with E-state index in [1.807, 2.05) is 13.0 Å². The molecular formula is C16H12ClNO4. The lowest BCUT2D eigenvalue weighted by molar-refractivity contribution is 0.0693. The Morgan fingerprint density at radius 2 is 2.09 bits per heavy atom. The van der Waals surface area contributed by atoms with E-state index in [1.54, 1.807) is 18.2 Å². The molecule has 3 rings (SSSR count). The van der Waals surface area contributed by atoms with Gasteiger partial charge in [0, 0.05) is 5.39 Å². The molecule has 0 aliphatic carbocycles. The molecule has 2 aromatic heterocycles. The van der Waals surface area contributed by atoms with Crippen molar-refractivity contribution in [2.75, 3.05) is 7.11 Å². The Balaban J connectivity index is 2.26. The van der Waals surface area contributed by atoms with E-state index in [4.69, 9.17) is 20.8 Å². The lowest BCUT2D eigenvalue weighted by Crippen LogP contribution is -2.01. The Bertz CT molecular complexity index is 885.